The Morgan fingerprint density at radius 3 is 2.81 bits per heavy atom. The fourth-order valence-corrected chi connectivity index (χ4v) is 4.07. The van der Waals surface area contributed by atoms with Crippen molar-refractivity contribution in [3.05, 3.63) is 29.6 Å². The third kappa shape index (κ3) is 3.82. The van der Waals surface area contributed by atoms with Gasteiger partial charge in [0.05, 0.1) is 4.90 Å². The molecule has 0 bridgehead atoms. The summed E-state index contributed by atoms with van der Waals surface area (Å²) in [6.45, 7) is 1.60. The van der Waals surface area contributed by atoms with E-state index in [0.29, 0.717) is 0 Å². The Labute approximate surface area is 124 Å². The molecular formula is C15H18FNO3S. The van der Waals surface area contributed by atoms with E-state index in [9.17, 15) is 12.8 Å². The molecular weight excluding hydrogens is 293 g/mol. The van der Waals surface area contributed by atoms with Gasteiger partial charge in [-0.05, 0) is 37.0 Å². The molecule has 0 amide bonds. The molecule has 0 aromatic heterocycles. The molecule has 2 unspecified atom stereocenters. The molecule has 1 saturated carbocycles. The standard InChI is InChI=1S/C15H18FNO3S/c1-11-4-2-6-14(11)17-21(19,20)15-8-7-13(16)10-12(15)5-3-9-18/h7-8,10-11,14,17-18H,2,4,6,9H2,1H3. The molecule has 1 aliphatic rings. The van der Waals surface area contributed by atoms with Crippen LogP contribution in [0.4, 0.5) is 4.39 Å². The Morgan fingerprint density at radius 1 is 1.43 bits per heavy atom. The monoisotopic (exact) mass is 311 g/mol. The number of aliphatic hydroxyl groups excluding tert-OH is 1. The molecule has 0 heterocycles. The molecule has 114 valence electrons. The van der Waals surface area contributed by atoms with Crippen LogP contribution < -0.4 is 4.72 Å². The average Bonchev–Trinajstić information content (AvgIpc) is 2.81. The van der Waals surface area contributed by atoms with E-state index in [1.807, 2.05) is 6.92 Å². The third-order valence-corrected chi connectivity index (χ3v) is 5.25. The minimum atomic E-state index is -3.76. The van der Waals surface area contributed by atoms with Crippen LogP contribution in [0.25, 0.3) is 0 Å². The van der Waals surface area contributed by atoms with Crippen molar-refractivity contribution >= 4 is 10.0 Å². The van der Waals surface area contributed by atoms with Crippen LogP contribution in [0.3, 0.4) is 0 Å². The maximum Gasteiger partial charge on any atom is 0.242 e. The van der Waals surface area contributed by atoms with Crippen LogP contribution in [-0.2, 0) is 10.0 Å². The predicted octanol–water partition coefficient (Wildman–Crippen LogP) is 1.64. The van der Waals surface area contributed by atoms with Gasteiger partial charge in [-0.15, -0.1) is 0 Å². The van der Waals surface area contributed by atoms with Crippen molar-refractivity contribution in [1.82, 2.24) is 4.72 Å². The summed E-state index contributed by atoms with van der Waals surface area (Å²) in [5.74, 6) is 4.56. The van der Waals surface area contributed by atoms with E-state index in [-0.39, 0.29) is 22.4 Å². The fourth-order valence-electron chi connectivity index (χ4n) is 2.55. The highest BCUT2D eigenvalue weighted by molar-refractivity contribution is 7.89. The van der Waals surface area contributed by atoms with E-state index in [0.717, 1.165) is 31.4 Å². The van der Waals surface area contributed by atoms with E-state index in [1.54, 1.807) is 0 Å². The number of halogens is 1. The van der Waals surface area contributed by atoms with Gasteiger partial charge in [-0.3, -0.25) is 0 Å². The zero-order chi connectivity index (χ0) is 15.5. The van der Waals surface area contributed by atoms with Crippen LogP contribution in [0.5, 0.6) is 0 Å². The first-order valence-corrected chi connectivity index (χ1v) is 8.34. The molecule has 0 radical (unpaired) electrons. The van der Waals surface area contributed by atoms with Crippen LogP contribution in [0.15, 0.2) is 23.1 Å². The first-order chi connectivity index (χ1) is 9.94. The van der Waals surface area contributed by atoms with E-state index in [1.165, 1.54) is 6.07 Å². The SMILES string of the molecule is CC1CCCC1NS(=O)(=O)c1ccc(F)cc1C#CCO. The molecule has 1 aromatic rings. The van der Waals surface area contributed by atoms with Crippen LogP contribution in [0.1, 0.15) is 31.7 Å². The van der Waals surface area contributed by atoms with Crippen molar-refractivity contribution in [3.63, 3.8) is 0 Å². The number of sulfonamides is 1. The molecule has 2 N–H and O–H groups in total. The minimum Gasteiger partial charge on any atom is -0.384 e. The number of nitrogens with one attached hydrogen (secondary N) is 1. The lowest BCUT2D eigenvalue weighted by Crippen LogP contribution is -2.36. The van der Waals surface area contributed by atoms with E-state index in [2.05, 4.69) is 16.6 Å². The lowest BCUT2D eigenvalue weighted by Gasteiger charge is -2.18. The van der Waals surface area contributed by atoms with Gasteiger partial charge < -0.3 is 5.11 Å². The minimum absolute atomic E-state index is 0.0519. The molecule has 4 nitrogen and oxygen atoms in total. The molecule has 6 heteroatoms. The summed E-state index contributed by atoms with van der Waals surface area (Å²) in [5, 5.41) is 8.72. The highest BCUT2D eigenvalue weighted by atomic mass is 32.2. The lowest BCUT2D eigenvalue weighted by molar-refractivity contribution is 0.350. The summed E-state index contributed by atoms with van der Waals surface area (Å²) in [7, 11) is -3.76. The van der Waals surface area contributed by atoms with Crippen molar-refractivity contribution in [2.75, 3.05) is 6.61 Å². The van der Waals surface area contributed by atoms with Crippen LogP contribution in [0, 0.1) is 23.6 Å². The van der Waals surface area contributed by atoms with Gasteiger partial charge in [0, 0.05) is 11.6 Å². The Hall–Kier alpha value is -1.42. The van der Waals surface area contributed by atoms with Gasteiger partial charge in [-0.1, -0.05) is 25.2 Å². The third-order valence-electron chi connectivity index (χ3n) is 3.70. The summed E-state index contributed by atoms with van der Waals surface area (Å²) < 4.78 is 40.9. The highest BCUT2D eigenvalue weighted by Gasteiger charge is 2.29. The summed E-state index contributed by atoms with van der Waals surface area (Å²) in [6, 6.07) is 3.27. The maximum atomic E-state index is 13.3. The Morgan fingerprint density at radius 2 is 2.19 bits per heavy atom. The van der Waals surface area contributed by atoms with Crippen molar-refractivity contribution in [2.45, 2.75) is 37.1 Å². The Bertz CT molecular complexity index is 676. The van der Waals surface area contributed by atoms with Gasteiger partial charge in [-0.2, -0.15) is 0 Å². The molecule has 0 saturated heterocycles. The largest absolute Gasteiger partial charge is 0.384 e. The van der Waals surface area contributed by atoms with Gasteiger partial charge in [-0.25, -0.2) is 17.5 Å². The number of hydrogen-bond acceptors (Lipinski definition) is 3. The molecule has 21 heavy (non-hydrogen) atoms. The summed E-state index contributed by atoms with van der Waals surface area (Å²) >= 11 is 0. The number of aliphatic hydroxyl groups is 1. The van der Waals surface area contributed by atoms with Gasteiger partial charge in [0.15, 0.2) is 0 Å². The van der Waals surface area contributed by atoms with Crippen molar-refractivity contribution in [2.24, 2.45) is 5.92 Å². The van der Waals surface area contributed by atoms with Gasteiger partial charge in [0.25, 0.3) is 0 Å². The quantitative estimate of drug-likeness (QED) is 0.834. The lowest BCUT2D eigenvalue weighted by atomic mass is 10.1. The molecule has 1 aromatic carbocycles. The Kier molecular flexibility index (Phi) is 4.99. The van der Waals surface area contributed by atoms with Gasteiger partial charge in [0.1, 0.15) is 12.4 Å². The normalized spacial score (nSPS) is 21.9. The van der Waals surface area contributed by atoms with E-state index in [4.69, 9.17) is 5.11 Å². The number of rotatable bonds is 3. The zero-order valence-electron chi connectivity index (χ0n) is 11.8. The number of benzene rings is 1. The van der Waals surface area contributed by atoms with E-state index < -0.39 is 22.4 Å². The van der Waals surface area contributed by atoms with Gasteiger partial charge in [0.2, 0.25) is 10.0 Å². The van der Waals surface area contributed by atoms with Crippen LogP contribution in [-0.4, -0.2) is 26.2 Å². The maximum absolute atomic E-state index is 13.3. The van der Waals surface area contributed by atoms with E-state index >= 15 is 0 Å². The Balaban J connectivity index is 2.35. The first-order valence-electron chi connectivity index (χ1n) is 6.85. The molecule has 2 atom stereocenters. The smallest absolute Gasteiger partial charge is 0.242 e. The second-order valence-electron chi connectivity index (χ2n) is 5.24. The van der Waals surface area contributed by atoms with Crippen molar-refractivity contribution in [1.29, 1.82) is 0 Å². The number of hydrogen-bond donors (Lipinski definition) is 2. The molecule has 1 fully saturated rings. The fraction of sp³-hybridized carbons (Fsp3) is 0.467. The highest BCUT2D eigenvalue weighted by Crippen LogP contribution is 2.27. The average molecular weight is 311 g/mol. The molecule has 0 aliphatic heterocycles. The molecule has 1 aliphatic carbocycles. The zero-order valence-corrected chi connectivity index (χ0v) is 12.6. The van der Waals surface area contributed by atoms with Crippen molar-refractivity contribution < 1.29 is 17.9 Å². The van der Waals surface area contributed by atoms with Crippen LogP contribution >= 0.6 is 0 Å². The molecule has 2 rings (SSSR count). The van der Waals surface area contributed by atoms with Crippen LogP contribution in [0.2, 0.25) is 0 Å². The summed E-state index contributed by atoms with van der Waals surface area (Å²) in [4.78, 5) is -0.0519. The predicted molar refractivity (Wildman–Crippen MR) is 77.5 cm³/mol. The second-order valence-corrected chi connectivity index (χ2v) is 6.92. The molecule has 0 spiro atoms. The second kappa shape index (κ2) is 6.56. The van der Waals surface area contributed by atoms with Crippen molar-refractivity contribution in [3.8, 4) is 11.8 Å². The summed E-state index contributed by atoms with van der Waals surface area (Å²) in [6.07, 6.45) is 2.79. The van der Waals surface area contributed by atoms with Gasteiger partial charge >= 0.3 is 0 Å². The topological polar surface area (TPSA) is 66.4 Å². The summed E-state index contributed by atoms with van der Waals surface area (Å²) in [5.41, 5.74) is 0.0576. The first kappa shape index (κ1) is 16.0.